The van der Waals surface area contributed by atoms with Gasteiger partial charge in [0.25, 0.3) is 0 Å². The molecule has 0 spiro atoms. The van der Waals surface area contributed by atoms with E-state index >= 15 is 0 Å². The van der Waals surface area contributed by atoms with E-state index < -0.39 is 5.60 Å². The summed E-state index contributed by atoms with van der Waals surface area (Å²) < 4.78 is 7.55. The summed E-state index contributed by atoms with van der Waals surface area (Å²) in [5, 5.41) is 21.2. The molecule has 1 heterocycles. The van der Waals surface area contributed by atoms with Crippen LogP contribution >= 0.6 is 24.0 Å². The van der Waals surface area contributed by atoms with Crippen molar-refractivity contribution in [1.82, 2.24) is 20.4 Å². The van der Waals surface area contributed by atoms with Crippen molar-refractivity contribution in [3.05, 3.63) is 47.8 Å². The molecule has 0 aliphatic heterocycles. The van der Waals surface area contributed by atoms with Crippen LogP contribution in [0.5, 0.6) is 5.75 Å². The Morgan fingerprint density at radius 2 is 1.93 bits per heavy atom. The van der Waals surface area contributed by atoms with Gasteiger partial charge in [0, 0.05) is 25.4 Å². The molecule has 0 fully saturated rings. The maximum Gasteiger partial charge on any atom is 0.191 e. The molecule has 168 valence electrons. The number of aromatic nitrogens is 2. The second-order valence-electron chi connectivity index (χ2n) is 8.42. The molecule has 0 amide bonds. The molecule has 1 aromatic heterocycles. The van der Waals surface area contributed by atoms with Gasteiger partial charge in [-0.15, -0.1) is 24.0 Å². The zero-order valence-corrected chi connectivity index (χ0v) is 21.2. The fourth-order valence-electron chi connectivity index (χ4n) is 2.76. The Morgan fingerprint density at radius 3 is 2.53 bits per heavy atom. The van der Waals surface area contributed by atoms with E-state index in [-0.39, 0.29) is 35.9 Å². The van der Waals surface area contributed by atoms with Crippen LogP contribution in [0.2, 0.25) is 0 Å². The van der Waals surface area contributed by atoms with Crippen molar-refractivity contribution in [3.63, 3.8) is 0 Å². The van der Waals surface area contributed by atoms with Gasteiger partial charge in [-0.2, -0.15) is 5.10 Å². The molecular weight excluding hydrogens is 493 g/mol. The van der Waals surface area contributed by atoms with Crippen LogP contribution in [0, 0.1) is 0 Å². The molecule has 8 heteroatoms. The van der Waals surface area contributed by atoms with Gasteiger partial charge in [-0.3, -0.25) is 4.68 Å². The first-order valence-corrected chi connectivity index (χ1v) is 10.1. The summed E-state index contributed by atoms with van der Waals surface area (Å²) in [7, 11) is 1.83. The van der Waals surface area contributed by atoms with Crippen LogP contribution in [0.25, 0.3) is 0 Å². The monoisotopic (exact) mass is 529 g/mol. The van der Waals surface area contributed by atoms with Crippen LogP contribution in [0.15, 0.2) is 41.7 Å². The van der Waals surface area contributed by atoms with Gasteiger partial charge in [0.05, 0.1) is 19.3 Å². The summed E-state index contributed by atoms with van der Waals surface area (Å²) in [5.74, 6) is 1.50. The van der Waals surface area contributed by atoms with Gasteiger partial charge in [-0.05, 0) is 37.0 Å². The van der Waals surface area contributed by atoms with Gasteiger partial charge in [-0.25, -0.2) is 4.99 Å². The Labute approximate surface area is 197 Å². The fraction of sp³-hybridized carbons (Fsp3) is 0.545. The molecule has 0 radical (unpaired) electrons. The number of guanidine groups is 1. The Balaban J connectivity index is 0.00000450. The summed E-state index contributed by atoms with van der Waals surface area (Å²) >= 11 is 0. The third-order valence-corrected chi connectivity index (χ3v) is 4.58. The van der Waals surface area contributed by atoms with Crippen molar-refractivity contribution in [2.24, 2.45) is 12.0 Å². The largest absolute Gasteiger partial charge is 0.492 e. The van der Waals surface area contributed by atoms with E-state index in [2.05, 4.69) is 53.6 Å². The van der Waals surface area contributed by atoms with Crippen molar-refractivity contribution in [2.45, 2.75) is 45.6 Å². The molecule has 30 heavy (non-hydrogen) atoms. The number of benzene rings is 1. The molecule has 0 bridgehead atoms. The van der Waals surface area contributed by atoms with E-state index in [1.54, 1.807) is 24.0 Å². The van der Waals surface area contributed by atoms with Crippen LogP contribution in [-0.2, 0) is 18.1 Å². The highest BCUT2D eigenvalue weighted by atomic mass is 127. The number of aliphatic imine (C=N–C) groups is 1. The standard InChI is InChI=1S/C22H35N5O2.HI/c1-7-23-20(25-16-22(5,28)18-14-26-27(6)15-18)24-11-12-29-19-10-8-9-17(13-19)21(2,3)4;/h8-10,13-15,28H,7,11-12,16H2,1-6H3,(H2,23,24,25);1H. The number of aliphatic hydroxyl groups is 1. The van der Waals surface area contributed by atoms with Crippen LogP contribution in [0.4, 0.5) is 0 Å². The molecule has 1 aromatic carbocycles. The highest BCUT2D eigenvalue weighted by Crippen LogP contribution is 2.25. The van der Waals surface area contributed by atoms with Crippen LogP contribution in [-0.4, -0.2) is 47.1 Å². The summed E-state index contributed by atoms with van der Waals surface area (Å²) in [6, 6.07) is 8.20. The Morgan fingerprint density at radius 1 is 1.20 bits per heavy atom. The van der Waals surface area contributed by atoms with E-state index in [9.17, 15) is 5.11 Å². The molecule has 2 aromatic rings. The topological polar surface area (TPSA) is 83.7 Å². The third-order valence-electron chi connectivity index (χ3n) is 4.58. The average molecular weight is 529 g/mol. The minimum Gasteiger partial charge on any atom is -0.492 e. The van der Waals surface area contributed by atoms with E-state index in [0.717, 1.165) is 17.9 Å². The van der Waals surface area contributed by atoms with E-state index in [1.807, 2.05) is 26.1 Å². The second kappa shape index (κ2) is 11.5. The number of nitrogens with zero attached hydrogens (tertiary/aromatic N) is 3. The zero-order valence-electron chi connectivity index (χ0n) is 18.9. The number of hydrogen-bond donors (Lipinski definition) is 3. The number of hydrogen-bond acceptors (Lipinski definition) is 4. The smallest absolute Gasteiger partial charge is 0.191 e. The van der Waals surface area contributed by atoms with Crippen LogP contribution in [0.3, 0.4) is 0 Å². The highest BCUT2D eigenvalue weighted by molar-refractivity contribution is 14.0. The minimum absolute atomic E-state index is 0. The van der Waals surface area contributed by atoms with Crippen molar-refractivity contribution < 1.29 is 9.84 Å². The maximum absolute atomic E-state index is 10.7. The molecular formula is C22H36IN5O2. The molecule has 0 saturated heterocycles. The van der Waals surface area contributed by atoms with Crippen LogP contribution < -0.4 is 15.4 Å². The minimum atomic E-state index is -1.08. The number of ether oxygens (including phenoxy) is 1. The quantitative estimate of drug-likeness (QED) is 0.212. The molecule has 0 aliphatic rings. The van der Waals surface area contributed by atoms with Crippen molar-refractivity contribution >= 4 is 29.9 Å². The van der Waals surface area contributed by atoms with Crippen molar-refractivity contribution in [2.75, 3.05) is 26.2 Å². The van der Waals surface area contributed by atoms with Gasteiger partial charge in [0.2, 0.25) is 0 Å². The maximum atomic E-state index is 10.7. The number of aryl methyl sites for hydroxylation is 1. The van der Waals surface area contributed by atoms with Gasteiger partial charge in [0.15, 0.2) is 5.96 Å². The lowest BCUT2D eigenvalue weighted by Crippen LogP contribution is -2.40. The number of nitrogens with one attached hydrogen (secondary N) is 2. The molecule has 0 saturated carbocycles. The first-order valence-electron chi connectivity index (χ1n) is 10.1. The predicted molar refractivity (Wildman–Crippen MR) is 133 cm³/mol. The van der Waals surface area contributed by atoms with Crippen molar-refractivity contribution in [1.29, 1.82) is 0 Å². The van der Waals surface area contributed by atoms with E-state index in [1.165, 1.54) is 5.56 Å². The molecule has 0 aliphatic carbocycles. The van der Waals surface area contributed by atoms with Crippen LogP contribution in [0.1, 0.15) is 45.7 Å². The third kappa shape index (κ3) is 8.14. The molecule has 2 rings (SSSR count). The predicted octanol–water partition coefficient (Wildman–Crippen LogP) is 3.18. The molecule has 7 nitrogen and oxygen atoms in total. The summed E-state index contributed by atoms with van der Waals surface area (Å²) in [5.41, 5.74) is 0.992. The number of rotatable bonds is 8. The lowest BCUT2D eigenvalue weighted by Gasteiger charge is -2.21. The van der Waals surface area contributed by atoms with Gasteiger partial charge in [0.1, 0.15) is 18.0 Å². The molecule has 3 N–H and O–H groups in total. The first-order chi connectivity index (χ1) is 13.6. The lowest BCUT2D eigenvalue weighted by molar-refractivity contribution is 0.0672. The number of halogens is 1. The molecule has 1 atom stereocenters. The zero-order chi connectivity index (χ0) is 21.5. The summed E-state index contributed by atoms with van der Waals surface area (Å²) in [6.07, 6.45) is 3.46. The average Bonchev–Trinajstić information content (AvgIpc) is 3.10. The van der Waals surface area contributed by atoms with E-state index in [0.29, 0.717) is 19.1 Å². The fourth-order valence-corrected chi connectivity index (χ4v) is 2.76. The normalized spacial score (nSPS) is 13.9. The van der Waals surface area contributed by atoms with Gasteiger partial charge in [-0.1, -0.05) is 32.9 Å². The Kier molecular flexibility index (Phi) is 10.1. The highest BCUT2D eigenvalue weighted by Gasteiger charge is 2.24. The van der Waals surface area contributed by atoms with E-state index in [4.69, 9.17) is 4.74 Å². The van der Waals surface area contributed by atoms with Gasteiger partial charge >= 0.3 is 0 Å². The summed E-state index contributed by atoms with van der Waals surface area (Å²) in [4.78, 5) is 4.51. The molecule has 1 unspecified atom stereocenters. The SMILES string of the molecule is CCNC(=NCC(C)(O)c1cnn(C)c1)NCCOc1cccc(C(C)(C)C)c1.I. The van der Waals surface area contributed by atoms with Crippen molar-refractivity contribution in [3.8, 4) is 5.75 Å². The Hall–Kier alpha value is -1.81. The summed E-state index contributed by atoms with van der Waals surface area (Å²) in [6.45, 7) is 12.4. The second-order valence-corrected chi connectivity index (χ2v) is 8.42. The lowest BCUT2D eigenvalue weighted by atomic mass is 9.87. The first kappa shape index (κ1) is 26.2. The van der Waals surface area contributed by atoms with Gasteiger partial charge < -0.3 is 20.5 Å². The Bertz CT molecular complexity index is 812.